The maximum atomic E-state index is 11.9. The highest BCUT2D eigenvalue weighted by Crippen LogP contribution is 2.17. The number of carbonyl (C=O) groups excluding carboxylic acids is 1. The SMILES string of the molecule is C=CC(CC)CNC(=O)Cc1c[nH]c2ccccc12. The Bertz CT molecular complexity index is 571. The quantitative estimate of drug-likeness (QED) is 0.767. The van der Waals surface area contributed by atoms with E-state index in [0.717, 1.165) is 22.9 Å². The van der Waals surface area contributed by atoms with Crippen LogP contribution in [0.2, 0.25) is 0 Å². The molecule has 0 aliphatic heterocycles. The summed E-state index contributed by atoms with van der Waals surface area (Å²) in [6.45, 7) is 6.53. The van der Waals surface area contributed by atoms with Gasteiger partial charge in [0.2, 0.25) is 5.91 Å². The molecule has 2 N–H and O–H groups in total. The first-order valence-corrected chi connectivity index (χ1v) is 6.68. The highest BCUT2D eigenvalue weighted by Gasteiger charge is 2.09. The number of aromatic amines is 1. The van der Waals surface area contributed by atoms with Crippen molar-refractivity contribution in [2.45, 2.75) is 19.8 Å². The number of hydrogen-bond donors (Lipinski definition) is 2. The molecule has 100 valence electrons. The number of carbonyl (C=O) groups is 1. The third-order valence-electron chi connectivity index (χ3n) is 3.45. The van der Waals surface area contributed by atoms with Gasteiger partial charge in [-0.05, 0) is 24.0 Å². The minimum Gasteiger partial charge on any atom is -0.361 e. The molecule has 2 rings (SSSR count). The minimum absolute atomic E-state index is 0.0602. The van der Waals surface area contributed by atoms with Crippen LogP contribution in [-0.4, -0.2) is 17.4 Å². The van der Waals surface area contributed by atoms with Crippen LogP contribution < -0.4 is 5.32 Å². The van der Waals surface area contributed by atoms with Gasteiger partial charge in [0, 0.05) is 23.6 Å². The summed E-state index contributed by atoms with van der Waals surface area (Å²) >= 11 is 0. The molecular weight excluding hydrogens is 236 g/mol. The first kappa shape index (κ1) is 13.4. The summed E-state index contributed by atoms with van der Waals surface area (Å²) in [5.74, 6) is 0.414. The molecule has 1 aromatic carbocycles. The topological polar surface area (TPSA) is 44.9 Å². The average Bonchev–Trinajstić information content (AvgIpc) is 2.83. The fourth-order valence-electron chi connectivity index (χ4n) is 2.15. The normalized spacial score (nSPS) is 12.3. The van der Waals surface area contributed by atoms with Gasteiger partial charge in [-0.3, -0.25) is 4.79 Å². The second kappa shape index (κ2) is 6.23. The van der Waals surface area contributed by atoms with Crippen LogP contribution in [0.5, 0.6) is 0 Å². The van der Waals surface area contributed by atoms with Gasteiger partial charge in [-0.1, -0.05) is 31.2 Å². The summed E-state index contributed by atoms with van der Waals surface area (Å²) in [5.41, 5.74) is 2.11. The van der Waals surface area contributed by atoms with E-state index in [1.165, 1.54) is 0 Å². The van der Waals surface area contributed by atoms with Crippen LogP contribution >= 0.6 is 0 Å². The van der Waals surface area contributed by atoms with Crippen molar-refractivity contribution in [3.05, 3.63) is 48.7 Å². The first-order valence-electron chi connectivity index (χ1n) is 6.68. The Balaban J connectivity index is 1.97. The number of para-hydroxylation sites is 1. The van der Waals surface area contributed by atoms with Crippen molar-refractivity contribution in [1.29, 1.82) is 0 Å². The summed E-state index contributed by atoms with van der Waals surface area (Å²) in [6.07, 6.45) is 5.22. The Labute approximate surface area is 113 Å². The van der Waals surface area contributed by atoms with Gasteiger partial charge in [0.05, 0.1) is 6.42 Å². The Morgan fingerprint density at radius 2 is 2.26 bits per heavy atom. The molecule has 19 heavy (non-hydrogen) atoms. The van der Waals surface area contributed by atoms with E-state index in [1.54, 1.807) is 0 Å². The monoisotopic (exact) mass is 256 g/mol. The Hall–Kier alpha value is -2.03. The zero-order valence-corrected chi connectivity index (χ0v) is 11.3. The molecule has 1 amide bonds. The Morgan fingerprint density at radius 1 is 1.47 bits per heavy atom. The molecule has 1 heterocycles. The fraction of sp³-hybridized carbons (Fsp3) is 0.312. The van der Waals surface area contributed by atoms with E-state index < -0.39 is 0 Å². The number of aromatic nitrogens is 1. The van der Waals surface area contributed by atoms with Gasteiger partial charge in [-0.25, -0.2) is 0 Å². The standard InChI is InChI=1S/C16H20N2O/c1-3-12(4-2)10-18-16(19)9-13-11-17-15-8-6-5-7-14(13)15/h3,5-8,11-12,17H,1,4,9-10H2,2H3,(H,18,19). The van der Waals surface area contributed by atoms with Crippen LogP contribution in [0.15, 0.2) is 43.1 Å². The van der Waals surface area contributed by atoms with Gasteiger partial charge in [0.15, 0.2) is 0 Å². The molecule has 1 atom stereocenters. The number of amides is 1. The molecule has 0 aliphatic carbocycles. The number of H-pyrrole nitrogens is 1. The minimum atomic E-state index is 0.0602. The molecule has 3 heteroatoms. The van der Waals surface area contributed by atoms with Crippen molar-refractivity contribution >= 4 is 16.8 Å². The second-order valence-corrected chi connectivity index (χ2v) is 4.74. The van der Waals surface area contributed by atoms with Crippen LogP contribution in [0, 0.1) is 5.92 Å². The molecule has 1 aromatic heterocycles. The van der Waals surface area contributed by atoms with Gasteiger partial charge in [0.25, 0.3) is 0 Å². The van der Waals surface area contributed by atoms with Crippen LogP contribution in [0.3, 0.4) is 0 Å². The van der Waals surface area contributed by atoms with E-state index in [0.29, 0.717) is 18.9 Å². The van der Waals surface area contributed by atoms with Crippen molar-refractivity contribution in [2.24, 2.45) is 5.92 Å². The summed E-state index contributed by atoms with van der Waals surface area (Å²) in [6, 6.07) is 8.02. The summed E-state index contributed by atoms with van der Waals surface area (Å²) in [7, 11) is 0. The molecule has 0 saturated heterocycles. The predicted octanol–water partition coefficient (Wildman–Crippen LogP) is 3.04. The van der Waals surface area contributed by atoms with Crippen molar-refractivity contribution in [3.63, 3.8) is 0 Å². The molecule has 0 radical (unpaired) electrons. The van der Waals surface area contributed by atoms with Crippen molar-refractivity contribution in [3.8, 4) is 0 Å². The average molecular weight is 256 g/mol. The number of nitrogens with one attached hydrogen (secondary N) is 2. The molecule has 0 spiro atoms. The number of rotatable bonds is 6. The Morgan fingerprint density at radius 3 is 3.00 bits per heavy atom. The maximum Gasteiger partial charge on any atom is 0.224 e. The molecule has 3 nitrogen and oxygen atoms in total. The predicted molar refractivity (Wildman–Crippen MR) is 79.0 cm³/mol. The highest BCUT2D eigenvalue weighted by atomic mass is 16.1. The molecule has 0 saturated carbocycles. The van der Waals surface area contributed by atoms with E-state index >= 15 is 0 Å². The second-order valence-electron chi connectivity index (χ2n) is 4.74. The number of fused-ring (bicyclic) bond motifs is 1. The zero-order chi connectivity index (χ0) is 13.7. The smallest absolute Gasteiger partial charge is 0.224 e. The largest absolute Gasteiger partial charge is 0.361 e. The van der Waals surface area contributed by atoms with Crippen molar-refractivity contribution in [2.75, 3.05) is 6.54 Å². The third-order valence-corrected chi connectivity index (χ3v) is 3.45. The Kier molecular flexibility index (Phi) is 4.39. The van der Waals surface area contributed by atoms with Gasteiger partial charge in [-0.2, -0.15) is 0 Å². The maximum absolute atomic E-state index is 11.9. The van der Waals surface area contributed by atoms with Crippen LogP contribution in [0.25, 0.3) is 10.9 Å². The van der Waals surface area contributed by atoms with E-state index in [2.05, 4.69) is 23.8 Å². The first-order chi connectivity index (χ1) is 9.24. The van der Waals surface area contributed by atoms with E-state index in [9.17, 15) is 4.79 Å². The molecule has 1 unspecified atom stereocenters. The van der Waals surface area contributed by atoms with Gasteiger partial charge >= 0.3 is 0 Å². The highest BCUT2D eigenvalue weighted by molar-refractivity contribution is 5.88. The lowest BCUT2D eigenvalue weighted by atomic mass is 10.1. The van der Waals surface area contributed by atoms with E-state index in [1.807, 2.05) is 36.5 Å². The molecular formula is C16H20N2O. The molecule has 0 aliphatic rings. The molecule has 0 fully saturated rings. The molecule has 0 bridgehead atoms. The van der Waals surface area contributed by atoms with Gasteiger partial charge < -0.3 is 10.3 Å². The summed E-state index contributed by atoms with van der Waals surface area (Å²) < 4.78 is 0. The summed E-state index contributed by atoms with van der Waals surface area (Å²) in [5, 5.41) is 4.08. The van der Waals surface area contributed by atoms with E-state index in [4.69, 9.17) is 0 Å². The third kappa shape index (κ3) is 3.25. The van der Waals surface area contributed by atoms with Crippen LogP contribution in [0.4, 0.5) is 0 Å². The number of benzene rings is 1. The van der Waals surface area contributed by atoms with Crippen LogP contribution in [-0.2, 0) is 11.2 Å². The number of hydrogen-bond acceptors (Lipinski definition) is 1. The lowest BCUT2D eigenvalue weighted by Gasteiger charge is -2.10. The van der Waals surface area contributed by atoms with Crippen molar-refractivity contribution < 1.29 is 4.79 Å². The van der Waals surface area contributed by atoms with E-state index in [-0.39, 0.29) is 5.91 Å². The zero-order valence-electron chi connectivity index (χ0n) is 11.3. The van der Waals surface area contributed by atoms with Crippen LogP contribution in [0.1, 0.15) is 18.9 Å². The van der Waals surface area contributed by atoms with Gasteiger partial charge in [-0.15, -0.1) is 6.58 Å². The summed E-state index contributed by atoms with van der Waals surface area (Å²) in [4.78, 5) is 15.1. The fourth-order valence-corrected chi connectivity index (χ4v) is 2.15. The molecule has 2 aromatic rings. The van der Waals surface area contributed by atoms with Gasteiger partial charge in [0.1, 0.15) is 0 Å². The lowest BCUT2D eigenvalue weighted by Crippen LogP contribution is -2.29. The van der Waals surface area contributed by atoms with Crippen molar-refractivity contribution in [1.82, 2.24) is 10.3 Å². The lowest BCUT2D eigenvalue weighted by molar-refractivity contribution is -0.120.